The number of nitrogens with one attached hydrogen (secondary N) is 3. The van der Waals surface area contributed by atoms with Gasteiger partial charge in [-0.05, 0) is 19.9 Å². The quantitative estimate of drug-likeness (QED) is 0.392. The summed E-state index contributed by atoms with van der Waals surface area (Å²) in [6, 6.07) is 3.49. The van der Waals surface area contributed by atoms with E-state index in [2.05, 4.69) is 30.5 Å². The Bertz CT molecular complexity index is 1290. The molecule has 0 aliphatic heterocycles. The number of aromatic nitrogens is 5. The van der Waals surface area contributed by atoms with Crippen molar-refractivity contribution in [2.75, 3.05) is 11.9 Å². The number of carbonyl (C=O) groups excluding carboxylic acids is 1. The SMILES string of the molecule is CCOC(=O)c1cc(Nc2ncnc(Oc3cc(F)c4[nH]c(C)cc4c3F)c2F)n[nH]1. The molecule has 4 rings (SSSR count). The number of anilines is 2. The molecule has 160 valence electrons. The van der Waals surface area contributed by atoms with Crippen LogP contribution in [0.4, 0.5) is 24.8 Å². The topological polar surface area (TPSA) is 118 Å². The number of esters is 1. The molecule has 0 bridgehead atoms. The minimum atomic E-state index is -1.08. The lowest BCUT2D eigenvalue weighted by Crippen LogP contribution is -2.04. The number of nitrogens with zero attached hydrogens (tertiary/aromatic N) is 3. The zero-order valence-electron chi connectivity index (χ0n) is 16.2. The van der Waals surface area contributed by atoms with E-state index in [1.54, 1.807) is 13.8 Å². The molecule has 0 spiro atoms. The van der Waals surface area contributed by atoms with Gasteiger partial charge in [-0.3, -0.25) is 5.10 Å². The van der Waals surface area contributed by atoms with Crippen molar-refractivity contribution < 1.29 is 27.4 Å². The minimum Gasteiger partial charge on any atom is -0.461 e. The Balaban J connectivity index is 1.61. The molecular weight excluding hydrogens is 417 g/mol. The van der Waals surface area contributed by atoms with Gasteiger partial charge in [-0.2, -0.15) is 14.5 Å². The van der Waals surface area contributed by atoms with E-state index in [0.717, 1.165) is 12.4 Å². The van der Waals surface area contributed by atoms with Gasteiger partial charge in [0.15, 0.2) is 29.0 Å². The van der Waals surface area contributed by atoms with E-state index in [9.17, 15) is 18.0 Å². The lowest BCUT2D eigenvalue weighted by molar-refractivity contribution is 0.0519. The third kappa shape index (κ3) is 3.86. The summed E-state index contributed by atoms with van der Waals surface area (Å²) in [4.78, 5) is 21.8. The Hall–Kier alpha value is -4.09. The van der Waals surface area contributed by atoms with Crippen molar-refractivity contribution in [1.82, 2.24) is 25.1 Å². The standard InChI is InChI=1S/C19H15F3N6O3/c1-3-30-19(29)11-6-13(28-27-11)26-17-15(22)18(24-7-23-17)31-12-5-10(20)16-9(14(12)21)4-8(2)25-16/h4-7,25H,3H2,1-2H3,(H2,23,24,26,27,28). The minimum absolute atomic E-state index is 0.0243. The van der Waals surface area contributed by atoms with Crippen LogP contribution in [0.2, 0.25) is 0 Å². The molecule has 12 heteroatoms. The highest BCUT2D eigenvalue weighted by molar-refractivity contribution is 5.88. The van der Waals surface area contributed by atoms with Crippen molar-refractivity contribution in [3.05, 3.63) is 53.4 Å². The smallest absolute Gasteiger partial charge is 0.356 e. The van der Waals surface area contributed by atoms with Crippen LogP contribution in [0.5, 0.6) is 11.6 Å². The Morgan fingerprint density at radius 1 is 1.16 bits per heavy atom. The fourth-order valence-corrected chi connectivity index (χ4v) is 2.84. The fraction of sp³-hybridized carbons (Fsp3) is 0.158. The van der Waals surface area contributed by atoms with E-state index in [4.69, 9.17) is 9.47 Å². The molecule has 3 N–H and O–H groups in total. The predicted octanol–water partition coefficient (Wildman–Crippen LogP) is 4.12. The maximum Gasteiger partial charge on any atom is 0.356 e. The number of rotatable bonds is 6. The van der Waals surface area contributed by atoms with E-state index < -0.39 is 35.1 Å². The molecular formula is C19H15F3N6O3. The van der Waals surface area contributed by atoms with Crippen molar-refractivity contribution in [2.45, 2.75) is 13.8 Å². The summed E-state index contributed by atoms with van der Waals surface area (Å²) in [7, 11) is 0. The maximum absolute atomic E-state index is 14.8. The summed E-state index contributed by atoms with van der Waals surface area (Å²) in [6.45, 7) is 3.46. The van der Waals surface area contributed by atoms with Crippen LogP contribution >= 0.6 is 0 Å². The average molecular weight is 432 g/mol. The largest absolute Gasteiger partial charge is 0.461 e. The second-order valence-electron chi connectivity index (χ2n) is 6.37. The predicted molar refractivity (Wildman–Crippen MR) is 103 cm³/mol. The van der Waals surface area contributed by atoms with Gasteiger partial charge in [-0.1, -0.05) is 0 Å². The van der Waals surface area contributed by atoms with Gasteiger partial charge in [0.2, 0.25) is 5.82 Å². The molecule has 9 nitrogen and oxygen atoms in total. The van der Waals surface area contributed by atoms with Crippen LogP contribution < -0.4 is 10.1 Å². The number of benzene rings is 1. The van der Waals surface area contributed by atoms with Crippen molar-refractivity contribution in [3.8, 4) is 11.6 Å². The molecule has 0 saturated carbocycles. The number of carbonyl (C=O) groups is 1. The molecule has 0 aliphatic carbocycles. The molecule has 0 saturated heterocycles. The second kappa shape index (κ2) is 7.97. The lowest BCUT2D eigenvalue weighted by atomic mass is 10.2. The van der Waals surface area contributed by atoms with Gasteiger partial charge in [0.25, 0.3) is 5.88 Å². The van der Waals surface area contributed by atoms with Gasteiger partial charge in [-0.25, -0.2) is 18.6 Å². The number of hydrogen-bond donors (Lipinski definition) is 3. The van der Waals surface area contributed by atoms with Crippen LogP contribution in [-0.2, 0) is 4.74 Å². The number of aryl methyl sites for hydroxylation is 1. The molecule has 31 heavy (non-hydrogen) atoms. The zero-order chi connectivity index (χ0) is 22.1. The van der Waals surface area contributed by atoms with Crippen molar-refractivity contribution in [1.29, 1.82) is 0 Å². The van der Waals surface area contributed by atoms with Crippen LogP contribution in [0.25, 0.3) is 10.9 Å². The molecule has 0 aliphatic rings. The Labute approximate surface area is 172 Å². The van der Waals surface area contributed by atoms with E-state index in [1.807, 2.05) is 0 Å². The Morgan fingerprint density at radius 2 is 1.97 bits per heavy atom. The third-order valence-electron chi connectivity index (χ3n) is 4.19. The summed E-state index contributed by atoms with van der Waals surface area (Å²) < 4.78 is 53.8. The van der Waals surface area contributed by atoms with Crippen LogP contribution in [0, 0.1) is 24.4 Å². The highest BCUT2D eigenvalue weighted by Gasteiger charge is 2.20. The summed E-state index contributed by atoms with van der Waals surface area (Å²) in [5.74, 6) is -4.83. The van der Waals surface area contributed by atoms with E-state index >= 15 is 0 Å². The molecule has 1 aromatic carbocycles. The molecule has 0 amide bonds. The number of hydrogen-bond acceptors (Lipinski definition) is 7. The van der Waals surface area contributed by atoms with Gasteiger partial charge in [0.05, 0.1) is 12.1 Å². The Kier molecular flexibility index (Phi) is 5.19. The molecule has 0 atom stereocenters. The maximum atomic E-state index is 14.8. The normalized spacial score (nSPS) is 11.0. The van der Waals surface area contributed by atoms with Gasteiger partial charge in [0, 0.05) is 23.2 Å². The molecule has 0 radical (unpaired) electrons. The number of H-pyrrole nitrogens is 2. The first-order chi connectivity index (χ1) is 14.9. The highest BCUT2D eigenvalue weighted by Crippen LogP contribution is 2.33. The average Bonchev–Trinajstić information content (AvgIpc) is 3.36. The fourth-order valence-electron chi connectivity index (χ4n) is 2.84. The van der Waals surface area contributed by atoms with Gasteiger partial charge in [-0.15, -0.1) is 0 Å². The first-order valence-electron chi connectivity index (χ1n) is 9.02. The van der Waals surface area contributed by atoms with E-state index in [-0.39, 0.29) is 34.8 Å². The van der Waals surface area contributed by atoms with Crippen LogP contribution in [-0.4, -0.2) is 37.7 Å². The van der Waals surface area contributed by atoms with Crippen molar-refractivity contribution >= 4 is 28.5 Å². The van der Waals surface area contributed by atoms with Gasteiger partial charge < -0.3 is 19.8 Å². The third-order valence-corrected chi connectivity index (χ3v) is 4.19. The van der Waals surface area contributed by atoms with E-state index in [0.29, 0.717) is 5.69 Å². The Morgan fingerprint density at radius 3 is 2.74 bits per heavy atom. The number of ether oxygens (including phenoxy) is 2. The molecule has 4 aromatic rings. The number of fused-ring (bicyclic) bond motifs is 1. The van der Waals surface area contributed by atoms with E-state index in [1.165, 1.54) is 12.1 Å². The summed E-state index contributed by atoms with van der Waals surface area (Å²) >= 11 is 0. The molecule has 3 aromatic heterocycles. The number of aromatic amines is 2. The van der Waals surface area contributed by atoms with Gasteiger partial charge >= 0.3 is 5.97 Å². The number of halogens is 3. The van der Waals surface area contributed by atoms with Crippen molar-refractivity contribution in [2.24, 2.45) is 0 Å². The summed E-state index contributed by atoms with van der Waals surface area (Å²) in [6.07, 6.45) is 0.965. The first kappa shape index (κ1) is 20.2. The summed E-state index contributed by atoms with van der Waals surface area (Å²) in [5, 5.41) is 8.76. The van der Waals surface area contributed by atoms with Crippen LogP contribution in [0.1, 0.15) is 23.1 Å². The molecule has 3 heterocycles. The second-order valence-corrected chi connectivity index (χ2v) is 6.37. The first-order valence-corrected chi connectivity index (χ1v) is 9.02. The van der Waals surface area contributed by atoms with Gasteiger partial charge in [0.1, 0.15) is 12.0 Å². The monoisotopic (exact) mass is 432 g/mol. The molecule has 0 unspecified atom stereocenters. The molecule has 0 fully saturated rings. The zero-order valence-corrected chi connectivity index (χ0v) is 16.2. The van der Waals surface area contributed by atoms with Crippen LogP contribution in [0.3, 0.4) is 0 Å². The summed E-state index contributed by atoms with van der Waals surface area (Å²) in [5.41, 5.74) is 0.567. The van der Waals surface area contributed by atoms with Crippen molar-refractivity contribution in [3.63, 3.8) is 0 Å². The highest BCUT2D eigenvalue weighted by atomic mass is 19.1. The lowest BCUT2D eigenvalue weighted by Gasteiger charge is -2.10. The van der Waals surface area contributed by atoms with Crippen LogP contribution in [0.15, 0.2) is 24.5 Å².